The standard InChI is InChI=1S/C19H17F2NO3.C12H10F2N2O.C7H5BrF2.C6H9ClO3.C5H6N2O.CH3I.I2.5HI.2V/c1-3-24-19(23)18-12(2)10-16-17(8-5-9-22(16)18)25-11-13-14(20)6-4-7-15(13)21;13-9-3-1-4-10(14)8(9)7-17-11-5-2-6-16-12(11)15;8-4-5-6(9)2-1-3-7(5)10;1-3-10-6(9)5(7)4(2)8;6-5-4(8)2-1-3-7-5;2*1-2;;;;;;;/h4-10H,3,11H2,1-2H3;1-6H,7H2,(H2,15,16);1-3H,4H2;5H,3H2,1-2H3;1-3,8H,(H2,6,7);1H3;;5*1H;;/q;;;;;;;;;;;;+2;+3/p-5. The Morgan fingerprint density at radius 1 is 0.704 bits per heavy atom. The fourth-order valence-corrected chi connectivity index (χ4v) is 6.10. The van der Waals surface area contributed by atoms with E-state index in [1.807, 2.05) is 4.93 Å². The van der Waals surface area contributed by atoms with Gasteiger partial charge >= 0.3 is 126 Å². The van der Waals surface area contributed by atoms with Crippen molar-refractivity contribution in [3.63, 3.8) is 0 Å². The van der Waals surface area contributed by atoms with Crippen molar-refractivity contribution < 1.29 is 79.2 Å². The van der Waals surface area contributed by atoms with Crippen LogP contribution in [0.15, 0.2) is 116 Å². The number of halogens is 16. The minimum absolute atomic E-state index is 0.0347. The van der Waals surface area contributed by atoms with Gasteiger partial charge in [-0.15, -0.1) is 11.6 Å². The number of hydrogen-bond acceptors (Lipinski definition) is 12. The molecule has 0 aliphatic heterocycles. The molecule has 1 atom stereocenters. The first-order valence-corrected chi connectivity index (χ1v) is 54.5. The molecule has 1 unspecified atom stereocenters. The number of aromatic hydroxyl groups is 1. The van der Waals surface area contributed by atoms with Gasteiger partial charge in [-0.1, -0.05) is 56.7 Å². The first-order chi connectivity index (χ1) is 38.5. The van der Waals surface area contributed by atoms with Crippen LogP contribution in [0, 0.1) is 41.8 Å². The molecular weight excluding hydrogens is 2150 g/mol. The molecule has 0 aliphatic carbocycles. The summed E-state index contributed by atoms with van der Waals surface area (Å²) in [5.74, 6) is -4.00. The summed E-state index contributed by atoms with van der Waals surface area (Å²) in [4.78, 5) is 42.3. The molecule has 4 heterocycles. The quantitative estimate of drug-likeness (QED) is 0.0345. The van der Waals surface area contributed by atoms with Crippen molar-refractivity contribution >= 4 is 222 Å². The molecule has 13 nitrogen and oxygen atoms in total. The number of alkyl halides is 3. The summed E-state index contributed by atoms with van der Waals surface area (Å²) in [5.41, 5.74) is 12.3. The number of nitrogens with two attached hydrogens (primary N) is 2. The molecule has 0 saturated carbocycles. The van der Waals surface area contributed by atoms with Gasteiger partial charge in [0.1, 0.15) is 59.6 Å². The Hall–Kier alpha value is -0.311. The molecular formula is C50H50BrClF6I8N5O8V2. The number of ketones is 1. The predicted octanol–water partition coefficient (Wildman–Crippen LogP) is 18.0. The molecule has 0 aliphatic rings. The van der Waals surface area contributed by atoms with Crippen molar-refractivity contribution in [3.8, 4) is 17.2 Å². The Labute approximate surface area is 583 Å². The fraction of sp³-hybridized carbons (Fsp3) is 0.220. The summed E-state index contributed by atoms with van der Waals surface area (Å²) in [5, 5.41) is 7.81. The van der Waals surface area contributed by atoms with E-state index in [1.165, 1.54) is 80.0 Å². The molecule has 31 heteroatoms. The molecule has 7 rings (SSSR count). The van der Waals surface area contributed by atoms with Crippen molar-refractivity contribution in [3.05, 3.63) is 179 Å². The monoisotopic (exact) mass is 2190 g/mol. The van der Waals surface area contributed by atoms with Crippen molar-refractivity contribution in [2.75, 3.05) is 29.6 Å². The molecule has 0 saturated heterocycles. The van der Waals surface area contributed by atoms with Crippen LogP contribution < -0.4 is 20.9 Å². The molecule has 0 amide bonds. The summed E-state index contributed by atoms with van der Waals surface area (Å²) < 4.78 is 101. The molecule has 3 aromatic carbocycles. The number of benzene rings is 3. The average Bonchev–Trinajstić information content (AvgIpc) is 3.90. The third kappa shape index (κ3) is 33.6. The van der Waals surface area contributed by atoms with E-state index >= 15 is 0 Å². The molecule has 5 N–H and O–H groups in total. The second-order valence-electron chi connectivity index (χ2n) is 14.1. The van der Waals surface area contributed by atoms with Crippen LogP contribution in [0.1, 0.15) is 53.5 Å². The number of nitrogen functional groups attached to an aromatic ring is 2. The number of anilines is 2. The Bertz CT molecular complexity index is 2880. The zero-order valence-electron chi connectivity index (χ0n) is 42.8. The van der Waals surface area contributed by atoms with Crippen molar-refractivity contribution in [1.82, 2.24) is 14.4 Å². The number of carbonyl (C=O) groups excluding carboxylic acids is 3. The number of pyridine rings is 3. The van der Waals surface area contributed by atoms with Gasteiger partial charge in [-0.05, 0) is 117 Å². The van der Waals surface area contributed by atoms with Gasteiger partial charge in [0.15, 0.2) is 34.3 Å². The van der Waals surface area contributed by atoms with Gasteiger partial charge in [-0.2, -0.15) is 0 Å². The normalized spacial score (nSPS) is 9.90. The fourth-order valence-electron chi connectivity index (χ4n) is 5.50. The number of rotatable bonds is 12. The Kier molecular flexibility index (Phi) is 50.7. The van der Waals surface area contributed by atoms with Crippen LogP contribution in [0.4, 0.5) is 38.0 Å². The Morgan fingerprint density at radius 3 is 1.46 bits per heavy atom. The van der Waals surface area contributed by atoms with E-state index in [4.69, 9.17) is 42.4 Å². The van der Waals surface area contributed by atoms with Crippen molar-refractivity contribution in [2.45, 2.75) is 51.6 Å². The number of nitrogens with zero attached hydrogens (tertiary/aromatic N) is 3. The number of carbonyl (C=O) groups is 3. The van der Waals surface area contributed by atoms with Crippen LogP contribution in [-0.4, -0.2) is 60.7 Å². The molecule has 445 valence electrons. The third-order valence-electron chi connectivity index (χ3n) is 8.96. The molecule has 0 radical (unpaired) electrons. The van der Waals surface area contributed by atoms with Gasteiger partial charge in [0.05, 0.1) is 29.9 Å². The van der Waals surface area contributed by atoms with Crippen LogP contribution in [-0.2, 0) is 52.0 Å². The molecule has 0 spiro atoms. The summed E-state index contributed by atoms with van der Waals surface area (Å²) in [6.45, 7) is 6.46. The summed E-state index contributed by atoms with van der Waals surface area (Å²) in [7, 11) is 0.628. The summed E-state index contributed by atoms with van der Waals surface area (Å²) >= 11 is 26.8. The van der Waals surface area contributed by atoms with Gasteiger partial charge in [-0.25, -0.2) is 45.9 Å². The molecule has 0 fully saturated rings. The van der Waals surface area contributed by atoms with Crippen LogP contribution in [0.2, 0.25) is 0 Å². The van der Waals surface area contributed by atoms with E-state index in [1.54, 1.807) is 67.8 Å². The van der Waals surface area contributed by atoms with Gasteiger partial charge in [-0.3, -0.25) is 4.79 Å². The van der Waals surface area contributed by atoms with Crippen LogP contribution in [0.5, 0.6) is 17.2 Å². The van der Waals surface area contributed by atoms with Gasteiger partial charge in [0.25, 0.3) is 0 Å². The number of ether oxygens (including phenoxy) is 4. The first kappa shape index (κ1) is 82.8. The molecule has 81 heavy (non-hydrogen) atoms. The maximum atomic E-state index is 13.7. The Balaban J connectivity index is 0. The zero-order valence-corrected chi connectivity index (χ0v) is 65.2. The van der Waals surface area contributed by atoms with Crippen molar-refractivity contribution in [2.24, 2.45) is 0 Å². The first-order valence-electron chi connectivity index (χ1n) is 22.0. The number of Topliss-reactive ketones (excluding diaryl/α,β-unsaturated/α-hetero) is 1. The number of aryl methyl sites for hydroxylation is 1. The zero-order chi connectivity index (χ0) is 62.2. The van der Waals surface area contributed by atoms with E-state index in [0.29, 0.717) is 32.2 Å². The number of fused-ring (bicyclic) bond motifs is 1. The second kappa shape index (κ2) is 49.7. The molecule has 7 aromatic rings. The predicted molar refractivity (Wildman–Crippen MR) is 372 cm³/mol. The summed E-state index contributed by atoms with van der Waals surface area (Å²) in [6, 6.07) is 22.6. The van der Waals surface area contributed by atoms with Gasteiger partial charge < -0.3 is 39.9 Å². The Morgan fingerprint density at radius 2 is 1.10 bits per heavy atom. The maximum absolute atomic E-state index is 13.7. The van der Waals surface area contributed by atoms with Crippen molar-refractivity contribution in [1.29, 1.82) is 0 Å². The van der Waals surface area contributed by atoms with Crippen LogP contribution in [0.3, 0.4) is 0 Å². The average molecular weight is 2200 g/mol. The molecule has 4 aromatic heterocycles. The van der Waals surface area contributed by atoms with E-state index in [0.717, 1.165) is 5.56 Å². The topological polar surface area (TPSA) is 191 Å². The van der Waals surface area contributed by atoms with E-state index in [2.05, 4.69) is 190 Å². The number of esters is 2. The van der Waals surface area contributed by atoms with E-state index in [-0.39, 0.29) is 76.5 Å². The SMILES string of the molecule is CCOC(=O)C(Cl)C(C)=O.CCOC(=O)c1c(C)cc2c(OCc3c(F)cccc3F)cccn12.CI.Fc1cccc(F)c1CBr.II.Nc1ncccc1O.Nc1ncccc1OCc1c(F)cccc1F.[I][V]([I])[I].[I][V][I]. The second-order valence-corrected chi connectivity index (χ2v) is 62.3. The van der Waals surface area contributed by atoms with Crippen LogP contribution in [0.25, 0.3) is 5.52 Å². The number of aromatic nitrogens is 3. The molecule has 0 bridgehead atoms. The van der Waals surface area contributed by atoms with Crippen LogP contribution >= 0.6 is 187 Å². The third-order valence-corrected chi connectivity index (χ3v) is 10.0. The van der Waals surface area contributed by atoms with E-state index < -0.39 is 52.2 Å². The minimum atomic E-state index is -1.14. The summed E-state index contributed by atoms with van der Waals surface area (Å²) in [6.07, 6.45) is 4.74. The van der Waals surface area contributed by atoms with E-state index in [9.17, 15) is 40.7 Å². The van der Waals surface area contributed by atoms with Gasteiger partial charge in [0.2, 0.25) is 0 Å². The van der Waals surface area contributed by atoms with Gasteiger partial charge in [0, 0.05) is 66.7 Å². The number of hydrogen-bond donors (Lipinski definition) is 3.